The lowest BCUT2D eigenvalue weighted by Gasteiger charge is -2.27. The summed E-state index contributed by atoms with van der Waals surface area (Å²) in [4.78, 5) is 26.4. The van der Waals surface area contributed by atoms with Crippen molar-refractivity contribution < 1.29 is 14.3 Å². The van der Waals surface area contributed by atoms with Gasteiger partial charge in [0.1, 0.15) is 6.04 Å². The molecule has 0 aromatic heterocycles. The Hall–Kier alpha value is -1.92. The Kier molecular flexibility index (Phi) is 7.03. The number of benzene rings is 1. The van der Waals surface area contributed by atoms with Crippen LogP contribution in [0.3, 0.4) is 0 Å². The van der Waals surface area contributed by atoms with Crippen molar-refractivity contribution in [2.24, 2.45) is 0 Å². The van der Waals surface area contributed by atoms with Gasteiger partial charge in [-0.05, 0) is 5.56 Å². The highest BCUT2D eigenvalue weighted by molar-refractivity contribution is 5.88. The second-order valence-corrected chi connectivity index (χ2v) is 5.51. The third kappa shape index (κ3) is 5.65. The molecule has 2 amide bonds. The molecule has 1 unspecified atom stereocenters. The topological polar surface area (TPSA) is 70.7 Å². The van der Waals surface area contributed by atoms with E-state index >= 15 is 0 Å². The molecule has 6 nitrogen and oxygen atoms in total. The fourth-order valence-corrected chi connectivity index (χ4v) is 2.47. The van der Waals surface area contributed by atoms with E-state index in [1.807, 2.05) is 30.3 Å². The van der Waals surface area contributed by atoms with Crippen LogP contribution in [0.4, 0.5) is 0 Å². The second-order valence-electron chi connectivity index (χ2n) is 5.51. The van der Waals surface area contributed by atoms with E-state index in [0.717, 1.165) is 38.4 Å². The van der Waals surface area contributed by atoms with E-state index in [1.165, 1.54) is 0 Å². The summed E-state index contributed by atoms with van der Waals surface area (Å²) in [5.41, 5.74) is 0.790. The van der Waals surface area contributed by atoms with Crippen LogP contribution in [0.5, 0.6) is 0 Å². The summed E-state index contributed by atoms with van der Waals surface area (Å²) in [6.45, 7) is 6.39. The molecule has 1 aromatic rings. The van der Waals surface area contributed by atoms with Gasteiger partial charge < -0.3 is 15.4 Å². The van der Waals surface area contributed by atoms with Gasteiger partial charge in [-0.2, -0.15) is 0 Å². The number of hydrogen-bond acceptors (Lipinski definition) is 4. The Bertz CT molecular complexity index is 501. The molecule has 2 rings (SSSR count). The van der Waals surface area contributed by atoms with Crippen LogP contribution < -0.4 is 10.6 Å². The smallest absolute Gasteiger partial charge is 0.247 e. The summed E-state index contributed by atoms with van der Waals surface area (Å²) in [6.07, 6.45) is 0.352. The van der Waals surface area contributed by atoms with Crippen LogP contribution in [0.25, 0.3) is 0 Å². The highest BCUT2D eigenvalue weighted by Gasteiger charge is 2.22. The van der Waals surface area contributed by atoms with E-state index in [2.05, 4.69) is 15.5 Å². The molecule has 1 aliphatic heterocycles. The number of amides is 2. The van der Waals surface area contributed by atoms with E-state index in [1.54, 1.807) is 6.92 Å². The molecule has 126 valence electrons. The first kappa shape index (κ1) is 17.4. The van der Waals surface area contributed by atoms with E-state index in [0.29, 0.717) is 13.0 Å². The highest BCUT2D eigenvalue weighted by Crippen LogP contribution is 2.13. The molecule has 0 saturated carbocycles. The third-order valence-corrected chi connectivity index (χ3v) is 3.85. The summed E-state index contributed by atoms with van der Waals surface area (Å²) < 4.78 is 5.30. The molecule has 2 N–H and O–H groups in total. The molecule has 0 spiro atoms. The minimum absolute atomic E-state index is 0.137. The molecule has 0 radical (unpaired) electrons. The van der Waals surface area contributed by atoms with Crippen LogP contribution in [0, 0.1) is 0 Å². The zero-order valence-corrected chi connectivity index (χ0v) is 13.6. The van der Waals surface area contributed by atoms with Crippen molar-refractivity contribution >= 4 is 11.8 Å². The minimum atomic E-state index is -0.645. The molecule has 0 aliphatic carbocycles. The van der Waals surface area contributed by atoms with Gasteiger partial charge in [0, 0.05) is 32.6 Å². The fraction of sp³-hybridized carbons (Fsp3) is 0.529. The first-order valence-electron chi connectivity index (χ1n) is 8.13. The lowest BCUT2D eigenvalue weighted by atomic mass is 10.1. The van der Waals surface area contributed by atoms with Gasteiger partial charge in [0.2, 0.25) is 11.8 Å². The summed E-state index contributed by atoms with van der Waals surface area (Å²) >= 11 is 0. The normalized spacial score (nSPS) is 16.6. The SMILES string of the molecule is CCC(=O)NC(C(=O)NCCN1CCOCC1)c1ccccc1. The van der Waals surface area contributed by atoms with E-state index < -0.39 is 6.04 Å². The highest BCUT2D eigenvalue weighted by atomic mass is 16.5. The molecule has 1 aliphatic rings. The summed E-state index contributed by atoms with van der Waals surface area (Å²) in [7, 11) is 0. The average Bonchev–Trinajstić information content (AvgIpc) is 2.61. The van der Waals surface area contributed by atoms with Crippen molar-refractivity contribution in [2.75, 3.05) is 39.4 Å². The molecule has 1 atom stereocenters. The molecule has 1 fully saturated rings. The van der Waals surface area contributed by atoms with Crippen molar-refractivity contribution in [3.05, 3.63) is 35.9 Å². The van der Waals surface area contributed by atoms with Crippen LogP contribution in [-0.4, -0.2) is 56.1 Å². The molecule has 6 heteroatoms. The van der Waals surface area contributed by atoms with Gasteiger partial charge in [-0.15, -0.1) is 0 Å². The molecule has 1 saturated heterocycles. The summed E-state index contributed by atoms with van der Waals surface area (Å²) in [6, 6.07) is 8.67. The quantitative estimate of drug-likeness (QED) is 0.776. The van der Waals surface area contributed by atoms with Crippen LogP contribution >= 0.6 is 0 Å². The van der Waals surface area contributed by atoms with Crippen LogP contribution in [-0.2, 0) is 14.3 Å². The maximum Gasteiger partial charge on any atom is 0.247 e. The van der Waals surface area contributed by atoms with Crippen LogP contribution in [0.1, 0.15) is 24.9 Å². The van der Waals surface area contributed by atoms with Gasteiger partial charge in [0.25, 0.3) is 0 Å². The first-order chi connectivity index (χ1) is 11.2. The Morgan fingerprint density at radius 3 is 2.57 bits per heavy atom. The van der Waals surface area contributed by atoms with Crippen molar-refractivity contribution in [1.29, 1.82) is 0 Å². The number of nitrogens with one attached hydrogen (secondary N) is 2. The van der Waals surface area contributed by atoms with Gasteiger partial charge in [0.05, 0.1) is 13.2 Å². The van der Waals surface area contributed by atoms with E-state index in [4.69, 9.17) is 4.74 Å². The number of rotatable bonds is 7. The molecule has 1 aromatic carbocycles. The lowest BCUT2D eigenvalue weighted by molar-refractivity contribution is -0.129. The molecule has 23 heavy (non-hydrogen) atoms. The van der Waals surface area contributed by atoms with Gasteiger partial charge in [-0.25, -0.2) is 0 Å². The number of carbonyl (C=O) groups excluding carboxylic acids is 2. The van der Waals surface area contributed by atoms with Gasteiger partial charge in [-0.1, -0.05) is 37.3 Å². The molecular weight excluding hydrogens is 294 g/mol. The number of morpholine rings is 1. The predicted molar refractivity (Wildman–Crippen MR) is 87.9 cm³/mol. The largest absolute Gasteiger partial charge is 0.379 e. The third-order valence-electron chi connectivity index (χ3n) is 3.85. The van der Waals surface area contributed by atoms with Crippen molar-refractivity contribution in [2.45, 2.75) is 19.4 Å². The Balaban J connectivity index is 1.89. The summed E-state index contributed by atoms with van der Waals surface area (Å²) in [5, 5.41) is 5.71. The lowest BCUT2D eigenvalue weighted by Crippen LogP contribution is -2.44. The van der Waals surface area contributed by atoms with E-state index in [9.17, 15) is 9.59 Å². The zero-order valence-electron chi connectivity index (χ0n) is 13.6. The van der Waals surface area contributed by atoms with Crippen molar-refractivity contribution in [3.63, 3.8) is 0 Å². The van der Waals surface area contributed by atoms with Crippen molar-refractivity contribution in [3.8, 4) is 0 Å². The maximum atomic E-state index is 12.5. The predicted octanol–water partition coefficient (Wildman–Crippen LogP) is 0.702. The number of nitrogens with zero attached hydrogens (tertiary/aromatic N) is 1. The minimum Gasteiger partial charge on any atom is -0.379 e. The maximum absolute atomic E-state index is 12.5. The average molecular weight is 319 g/mol. The Labute approximate surface area is 137 Å². The van der Waals surface area contributed by atoms with Gasteiger partial charge >= 0.3 is 0 Å². The monoisotopic (exact) mass is 319 g/mol. The number of carbonyl (C=O) groups is 2. The standard InChI is InChI=1S/C17H25N3O3/c1-2-15(21)19-16(14-6-4-3-5-7-14)17(22)18-8-9-20-10-12-23-13-11-20/h3-7,16H,2,8-13H2,1H3,(H,18,22)(H,19,21). The fourth-order valence-electron chi connectivity index (χ4n) is 2.47. The summed E-state index contributed by atoms with van der Waals surface area (Å²) in [5.74, 6) is -0.312. The van der Waals surface area contributed by atoms with Crippen LogP contribution in [0.15, 0.2) is 30.3 Å². The molecular formula is C17H25N3O3. The Morgan fingerprint density at radius 1 is 1.22 bits per heavy atom. The second kappa shape index (κ2) is 9.27. The van der Waals surface area contributed by atoms with Crippen LogP contribution in [0.2, 0.25) is 0 Å². The first-order valence-corrected chi connectivity index (χ1v) is 8.13. The zero-order chi connectivity index (χ0) is 16.5. The number of hydrogen-bond donors (Lipinski definition) is 2. The molecule has 0 bridgehead atoms. The van der Waals surface area contributed by atoms with E-state index in [-0.39, 0.29) is 11.8 Å². The Morgan fingerprint density at radius 2 is 1.91 bits per heavy atom. The molecule has 1 heterocycles. The van der Waals surface area contributed by atoms with Gasteiger partial charge in [0.15, 0.2) is 0 Å². The van der Waals surface area contributed by atoms with Gasteiger partial charge in [-0.3, -0.25) is 14.5 Å². The number of ether oxygens (including phenoxy) is 1. The van der Waals surface area contributed by atoms with Crippen molar-refractivity contribution in [1.82, 2.24) is 15.5 Å².